The fourth-order valence-corrected chi connectivity index (χ4v) is 3.80. The van der Waals surface area contributed by atoms with Crippen molar-refractivity contribution in [1.29, 1.82) is 0 Å². The van der Waals surface area contributed by atoms with E-state index < -0.39 is 10.0 Å². The summed E-state index contributed by atoms with van der Waals surface area (Å²) in [5, 5.41) is 0. The second kappa shape index (κ2) is 6.34. The van der Waals surface area contributed by atoms with Gasteiger partial charge in [-0.2, -0.15) is 4.31 Å². The number of aromatic nitrogens is 1. The number of ether oxygens (including phenoxy) is 1. The molecule has 1 fully saturated rings. The maximum Gasteiger partial charge on any atom is 0.214 e. The molecule has 5 nitrogen and oxygen atoms in total. The van der Waals surface area contributed by atoms with Crippen LogP contribution in [0.15, 0.2) is 24.5 Å². The third-order valence-electron chi connectivity index (χ3n) is 3.21. The van der Waals surface area contributed by atoms with Gasteiger partial charge in [0.25, 0.3) is 0 Å². The molecule has 0 aromatic carbocycles. The average Bonchev–Trinajstić information content (AvgIpc) is 2.87. The van der Waals surface area contributed by atoms with E-state index in [4.69, 9.17) is 4.74 Å². The molecule has 1 aromatic heterocycles. The molecule has 1 saturated heterocycles. The number of nitrogens with zero attached hydrogens (tertiary/aromatic N) is 2. The monoisotopic (exact) mass is 284 g/mol. The minimum Gasteiger partial charge on any atom is -0.489 e. The van der Waals surface area contributed by atoms with Crippen molar-refractivity contribution in [2.45, 2.75) is 32.3 Å². The Morgan fingerprint density at radius 3 is 2.84 bits per heavy atom. The number of sulfonamides is 1. The first kappa shape index (κ1) is 14.3. The van der Waals surface area contributed by atoms with Crippen molar-refractivity contribution in [3.63, 3.8) is 0 Å². The molecule has 0 saturated carbocycles. The lowest BCUT2D eigenvalue weighted by Crippen LogP contribution is -2.32. The van der Waals surface area contributed by atoms with Gasteiger partial charge in [0.1, 0.15) is 11.9 Å². The van der Waals surface area contributed by atoms with Crippen LogP contribution in [0.5, 0.6) is 5.75 Å². The summed E-state index contributed by atoms with van der Waals surface area (Å²) in [7, 11) is -3.11. The zero-order valence-corrected chi connectivity index (χ0v) is 12.0. The Balaban J connectivity index is 1.89. The molecule has 0 spiro atoms. The van der Waals surface area contributed by atoms with Gasteiger partial charge in [0.05, 0.1) is 12.3 Å². The smallest absolute Gasteiger partial charge is 0.214 e. The molecule has 19 heavy (non-hydrogen) atoms. The van der Waals surface area contributed by atoms with Crippen LogP contribution in [0.4, 0.5) is 0 Å². The van der Waals surface area contributed by atoms with Gasteiger partial charge in [0.15, 0.2) is 0 Å². The molecule has 6 heteroatoms. The Labute approximate surface area is 114 Å². The van der Waals surface area contributed by atoms with E-state index in [1.54, 1.807) is 28.8 Å². The highest BCUT2D eigenvalue weighted by atomic mass is 32.2. The summed E-state index contributed by atoms with van der Waals surface area (Å²) >= 11 is 0. The number of rotatable bonds is 6. The molecule has 0 unspecified atom stereocenters. The molecule has 0 bridgehead atoms. The minimum absolute atomic E-state index is 0.0567. The highest BCUT2D eigenvalue weighted by Crippen LogP contribution is 2.20. The number of hydrogen-bond donors (Lipinski definition) is 0. The van der Waals surface area contributed by atoms with E-state index in [1.165, 1.54) is 0 Å². The van der Waals surface area contributed by atoms with E-state index >= 15 is 0 Å². The molecular weight excluding hydrogens is 264 g/mol. The molecular formula is C13H20N2O3S. The van der Waals surface area contributed by atoms with E-state index in [9.17, 15) is 8.42 Å². The van der Waals surface area contributed by atoms with Gasteiger partial charge in [0.2, 0.25) is 10.0 Å². The normalized spacial score (nSPS) is 20.6. The number of pyridine rings is 1. The predicted molar refractivity (Wildman–Crippen MR) is 73.5 cm³/mol. The highest BCUT2D eigenvalue weighted by molar-refractivity contribution is 7.89. The van der Waals surface area contributed by atoms with Crippen molar-refractivity contribution >= 4 is 10.0 Å². The number of unbranched alkanes of at least 4 members (excludes halogenated alkanes) is 1. The zero-order valence-electron chi connectivity index (χ0n) is 11.2. The summed E-state index contributed by atoms with van der Waals surface area (Å²) < 4.78 is 31.4. The topological polar surface area (TPSA) is 59.5 Å². The number of hydrogen-bond acceptors (Lipinski definition) is 4. The van der Waals surface area contributed by atoms with Crippen molar-refractivity contribution in [1.82, 2.24) is 9.29 Å². The molecule has 1 aromatic rings. The largest absolute Gasteiger partial charge is 0.489 e. The van der Waals surface area contributed by atoms with Crippen LogP contribution in [0.2, 0.25) is 0 Å². The lowest BCUT2D eigenvalue weighted by molar-refractivity contribution is 0.215. The lowest BCUT2D eigenvalue weighted by atomic mass is 10.3. The van der Waals surface area contributed by atoms with Gasteiger partial charge in [-0.25, -0.2) is 8.42 Å². The quantitative estimate of drug-likeness (QED) is 0.797. The van der Waals surface area contributed by atoms with Gasteiger partial charge in [-0.1, -0.05) is 13.3 Å². The molecule has 1 aliphatic heterocycles. The highest BCUT2D eigenvalue weighted by Gasteiger charge is 2.31. The molecule has 106 valence electrons. The first-order valence-corrected chi connectivity index (χ1v) is 8.27. The molecule has 1 aliphatic rings. The first-order valence-electron chi connectivity index (χ1n) is 6.66. The first-order chi connectivity index (χ1) is 9.12. The van der Waals surface area contributed by atoms with E-state index in [1.807, 2.05) is 6.92 Å². The maximum absolute atomic E-state index is 12.1. The third-order valence-corrected chi connectivity index (χ3v) is 5.13. The predicted octanol–water partition coefficient (Wildman–Crippen LogP) is 1.66. The van der Waals surface area contributed by atoms with Crippen molar-refractivity contribution in [3.05, 3.63) is 24.5 Å². The molecule has 1 atom stereocenters. The van der Waals surface area contributed by atoms with Crippen LogP contribution in [-0.4, -0.2) is 42.7 Å². The average molecular weight is 284 g/mol. The van der Waals surface area contributed by atoms with E-state index in [-0.39, 0.29) is 11.9 Å². The molecule has 0 radical (unpaired) electrons. The van der Waals surface area contributed by atoms with Gasteiger partial charge in [-0.05, 0) is 25.0 Å². The van der Waals surface area contributed by atoms with Crippen LogP contribution >= 0.6 is 0 Å². The van der Waals surface area contributed by atoms with Crippen molar-refractivity contribution < 1.29 is 13.2 Å². The van der Waals surface area contributed by atoms with Gasteiger partial charge >= 0.3 is 0 Å². The summed E-state index contributed by atoms with van der Waals surface area (Å²) in [6.45, 7) is 3.00. The lowest BCUT2D eigenvalue weighted by Gasteiger charge is -2.17. The van der Waals surface area contributed by atoms with Gasteiger partial charge < -0.3 is 4.74 Å². The van der Waals surface area contributed by atoms with Gasteiger partial charge in [0, 0.05) is 18.9 Å². The minimum atomic E-state index is -3.11. The Hall–Kier alpha value is -1.14. The molecule has 0 N–H and O–H groups in total. The summed E-state index contributed by atoms with van der Waals surface area (Å²) in [6, 6.07) is 3.57. The van der Waals surface area contributed by atoms with Gasteiger partial charge in [-0.3, -0.25) is 4.98 Å². The van der Waals surface area contributed by atoms with Crippen LogP contribution in [-0.2, 0) is 10.0 Å². The fourth-order valence-electron chi connectivity index (χ4n) is 2.11. The van der Waals surface area contributed by atoms with Gasteiger partial charge in [-0.15, -0.1) is 0 Å². The molecule has 2 heterocycles. The summed E-state index contributed by atoms with van der Waals surface area (Å²) in [5.41, 5.74) is 0. The summed E-state index contributed by atoms with van der Waals surface area (Å²) in [5.74, 6) is 0.985. The molecule has 0 amide bonds. The van der Waals surface area contributed by atoms with E-state index in [2.05, 4.69) is 4.98 Å². The summed E-state index contributed by atoms with van der Waals surface area (Å²) in [4.78, 5) is 3.92. The fraction of sp³-hybridized carbons (Fsp3) is 0.615. The van der Waals surface area contributed by atoms with Crippen LogP contribution in [0.3, 0.4) is 0 Å². The Kier molecular flexibility index (Phi) is 4.76. The summed E-state index contributed by atoms with van der Waals surface area (Å²) in [6.07, 6.45) is 5.63. The van der Waals surface area contributed by atoms with Crippen LogP contribution in [0.1, 0.15) is 26.2 Å². The maximum atomic E-state index is 12.1. The Bertz CT molecular complexity index is 490. The van der Waals surface area contributed by atoms with Crippen molar-refractivity contribution in [2.24, 2.45) is 0 Å². The van der Waals surface area contributed by atoms with Crippen molar-refractivity contribution in [3.8, 4) is 5.75 Å². The third kappa shape index (κ3) is 3.91. The van der Waals surface area contributed by atoms with Crippen LogP contribution in [0, 0.1) is 0 Å². The van der Waals surface area contributed by atoms with Crippen LogP contribution < -0.4 is 4.74 Å². The Morgan fingerprint density at radius 2 is 2.16 bits per heavy atom. The molecule has 2 rings (SSSR count). The zero-order chi connectivity index (χ0) is 13.7. The van der Waals surface area contributed by atoms with E-state index in [0.717, 1.165) is 18.6 Å². The standard InChI is InChI=1S/C13H20N2O3S/c1-2-3-10-19(16,17)15-9-6-13(11-15)18-12-4-7-14-8-5-12/h4-5,7-8,13H,2-3,6,9-11H2,1H3/t13-/m1/s1. The second-order valence-corrected chi connectivity index (χ2v) is 6.83. The second-order valence-electron chi connectivity index (χ2n) is 4.74. The van der Waals surface area contributed by atoms with Crippen molar-refractivity contribution in [2.75, 3.05) is 18.8 Å². The Morgan fingerprint density at radius 1 is 1.42 bits per heavy atom. The molecule has 0 aliphatic carbocycles. The SMILES string of the molecule is CCCCS(=O)(=O)N1CC[C@@H](Oc2ccncc2)C1. The van der Waals surface area contributed by atoms with Crippen LogP contribution in [0.25, 0.3) is 0 Å². The van der Waals surface area contributed by atoms with E-state index in [0.29, 0.717) is 19.5 Å².